The molecule has 0 saturated carbocycles. The Labute approximate surface area is 156 Å². The largest absolute Gasteiger partial charge is 0.327 e. The lowest BCUT2D eigenvalue weighted by atomic mass is 10.1. The van der Waals surface area contributed by atoms with Gasteiger partial charge in [-0.1, -0.05) is 42.0 Å². The van der Waals surface area contributed by atoms with Crippen LogP contribution in [0.25, 0.3) is 0 Å². The van der Waals surface area contributed by atoms with Crippen LogP contribution in [0.2, 0.25) is 5.28 Å². The molecule has 0 fully saturated rings. The molecule has 4 rings (SSSR count). The van der Waals surface area contributed by atoms with Crippen molar-refractivity contribution >= 4 is 34.7 Å². The van der Waals surface area contributed by atoms with Crippen LogP contribution in [0.1, 0.15) is 21.5 Å². The van der Waals surface area contributed by atoms with Gasteiger partial charge < -0.3 is 4.90 Å². The van der Waals surface area contributed by atoms with Crippen molar-refractivity contribution in [3.05, 3.63) is 76.7 Å². The molecule has 26 heavy (non-hydrogen) atoms. The molecule has 0 unspecified atom stereocenters. The summed E-state index contributed by atoms with van der Waals surface area (Å²) >= 11 is 6.03. The fraction of sp³-hybridized carbons (Fsp3) is 0.150. The van der Waals surface area contributed by atoms with Gasteiger partial charge in [0.05, 0.1) is 24.0 Å². The molecule has 0 spiro atoms. The van der Waals surface area contributed by atoms with Gasteiger partial charge >= 0.3 is 0 Å². The van der Waals surface area contributed by atoms with Gasteiger partial charge in [0.1, 0.15) is 5.69 Å². The van der Waals surface area contributed by atoms with Crippen LogP contribution in [0.15, 0.2) is 54.7 Å². The maximum absolute atomic E-state index is 13.3. The zero-order valence-corrected chi connectivity index (χ0v) is 15.2. The number of fused-ring (bicyclic) bond motifs is 2. The lowest BCUT2D eigenvalue weighted by Gasteiger charge is -2.23. The smallest absolute Gasteiger partial charge is 0.260 e. The van der Waals surface area contributed by atoms with Crippen molar-refractivity contribution in [1.29, 1.82) is 0 Å². The van der Waals surface area contributed by atoms with E-state index in [0.717, 1.165) is 11.3 Å². The van der Waals surface area contributed by atoms with Crippen LogP contribution in [-0.4, -0.2) is 22.9 Å². The Balaban J connectivity index is 1.88. The van der Waals surface area contributed by atoms with E-state index in [1.165, 1.54) is 5.56 Å². The highest BCUT2D eigenvalue weighted by molar-refractivity contribution is 6.28. The zero-order valence-electron chi connectivity index (χ0n) is 14.5. The third kappa shape index (κ3) is 2.80. The molecule has 0 saturated heterocycles. The second kappa shape index (κ2) is 6.42. The van der Waals surface area contributed by atoms with E-state index in [-0.39, 0.29) is 11.2 Å². The molecule has 1 amide bonds. The summed E-state index contributed by atoms with van der Waals surface area (Å²) in [4.78, 5) is 25.4. The highest BCUT2D eigenvalue weighted by Crippen LogP contribution is 2.39. The van der Waals surface area contributed by atoms with Crippen LogP contribution in [0.3, 0.4) is 0 Å². The van der Waals surface area contributed by atoms with E-state index in [4.69, 9.17) is 11.6 Å². The highest BCUT2D eigenvalue weighted by Gasteiger charge is 2.30. The second-order valence-corrected chi connectivity index (χ2v) is 6.64. The Morgan fingerprint density at radius 2 is 1.77 bits per heavy atom. The molecular formula is C20H17ClN4O. The summed E-state index contributed by atoms with van der Waals surface area (Å²) in [6.45, 7) is 2.47. The fourth-order valence-electron chi connectivity index (χ4n) is 3.13. The molecule has 0 N–H and O–H groups in total. The van der Waals surface area contributed by atoms with Crippen LogP contribution in [-0.2, 0) is 6.54 Å². The molecule has 1 aromatic heterocycles. The summed E-state index contributed by atoms with van der Waals surface area (Å²) in [5, 5.41) is 0.151. The third-order valence-corrected chi connectivity index (χ3v) is 4.71. The minimum Gasteiger partial charge on any atom is -0.327 e. The van der Waals surface area contributed by atoms with Crippen molar-refractivity contribution in [2.24, 2.45) is 0 Å². The molecule has 0 atom stereocenters. The summed E-state index contributed by atoms with van der Waals surface area (Å²) in [6, 6.07) is 15.6. The normalized spacial score (nSPS) is 13.3. The number of carbonyl (C=O) groups is 1. The first-order chi connectivity index (χ1) is 12.5. The van der Waals surface area contributed by atoms with E-state index in [9.17, 15) is 4.79 Å². The van der Waals surface area contributed by atoms with E-state index in [1.807, 2.05) is 67.4 Å². The molecule has 5 nitrogen and oxygen atoms in total. The summed E-state index contributed by atoms with van der Waals surface area (Å²) < 4.78 is 0. The van der Waals surface area contributed by atoms with E-state index >= 15 is 0 Å². The minimum atomic E-state index is -0.0855. The Hall–Kier alpha value is -2.92. The summed E-state index contributed by atoms with van der Waals surface area (Å²) in [5.74, 6) is 0.521. The SMILES string of the molecule is Cc1ccc(CN2C(=O)c3ccccc3N(C)c3nc(Cl)ncc32)cc1. The third-order valence-electron chi connectivity index (χ3n) is 4.53. The lowest BCUT2D eigenvalue weighted by molar-refractivity contribution is 0.0986. The minimum absolute atomic E-state index is 0.0855. The lowest BCUT2D eigenvalue weighted by Crippen LogP contribution is -2.30. The number of hydrogen-bond acceptors (Lipinski definition) is 4. The Morgan fingerprint density at radius 3 is 2.54 bits per heavy atom. The Bertz CT molecular complexity index is 987. The molecule has 0 aliphatic carbocycles. The van der Waals surface area contributed by atoms with Crippen molar-refractivity contribution in [2.45, 2.75) is 13.5 Å². The second-order valence-electron chi connectivity index (χ2n) is 6.30. The van der Waals surface area contributed by atoms with E-state index in [0.29, 0.717) is 23.6 Å². The van der Waals surface area contributed by atoms with Crippen molar-refractivity contribution in [3.8, 4) is 0 Å². The van der Waals surface area contributed by atoms with Crippen LogP contribution in [0, 0.1) is 6.92 Å². The van der Waals surface area contributed by atoms with Gasteiger partial charge in [0, 0.05) is 7.05 Å². The summed E-state index contributed by atoms with van der Waals surface area (Å²) in [7, 11) is 1.88. The number of nitrogens with zero attached hydrogens (tertiary/aromatic N) is 4. The maximum Gasteiger partial charge on any atom is 0.260 e. The number of benzene rings is 2. The van der Waals surface area contributed by atoms with Gasteiger partial charge in [0.25, 0.3) is 5.91 Å². The van der Waals surface area contributed by atoms with Crippen molar-refractivity contribution < 1.29 is 4.79 Å². The summed E-state index contributed by atoms with van der Waals surface area (Å²) in [5.41, 5.74) is 4.26. The first kappa shape index (κ1) is 16.5. The molecule has 1 aliphatic rings. The van der Waals surface area contributed by atoms with Gasteiger partial charge in [0.15, 0.2) is 5.82 Å². The molecule has 0 radical (unpaired) electrons. The number of aryl methyl sites for hydroxylation is 1. The molecule has 1 aliphatic heterocycles. The van der Waals surface area contributed by atoms with Crippen molar-refractivity contribution in [3.63, 3.8) is 0 Å². The zero-order chi connectivity index (χ0) is 18.3. The number of rotatable bonds is 2. The van der Waals surface area contributed by atoms with Crippen LogP contribution in [0.4, 0.5) is 17.2 Å². The van der Waals surface area contributed by atoms with E-state index in [2.05, 4.69) is 9.97 Å². The monoisotopic (exact) mass is 364 g/mol. The highest BCUT2D eigenvalue weighted by atomic mass is 35.5. The van der Waals surface area contributed by atoms with Crippen molar-refractivity contribution in [1.82, 2.24) is 9.97 Å². The predicted molar refractivity (Wildman–Crippen MR) is 103 cm³/mol. The number of amides is 1. The predicted octanol–water partition coefficient (Wildman–Crippen LogP) is 4.37. The number of hydrogen-bond donors (Lipinski definition) is 0. The Kier molecular flexibility index (Phi) is 4.09. The number of halogens is 1. The van der Waals surface area contributed by atoms with Gasteiger partial charge in [-0.15, -0.1) is 0 Å². The fourth-order valence-corrected chi connectivity index (χ4v) is 3.26. The first-order valence-corrected chi connectivity index (χ1v) is 8.65. The van der Waals surface area contributed by atoms with E-state index in [1.54, 1.807) is 11.1 Å². The van der Waals surface area contributed by atoms with Crippen LogP contribution >= 0.6 is 11.6 Å². The quantitative estimate of drug-likeness (QED) is 0.634. The topological polar surface area (TPSA) is 49.3 Å². The summed E-state index contributed by atoms with van der Waals surface area (Å²) in [6.07, 6.45) is 1.61. The molecule has 130 valence electrons. The molecule has 2 aromatic carbocycles. The molecule has 6 heteroatoms. The van der Waals surface area contributed by atoms with Gasteiger partial charge in [0.2, 0.25) is 5.28 Å². The van der Waals surface area contributed by atoms with Gasteiger partial charge in [-0.05, 0) is 36.2 Å². The molecule has 2 heterocycles. The number of para-hydroxylation sites is 1. The number of aromatic nitrogens is 2. The Morgan fingerprint density at radius 1 is 1.04 bits per heavy atom. The van der Waals surface area contributed by atoms with Gasteiger partial charge in [-0.2, -0.15) is 4.98 Å². The van der Waals surface area contributed by atoms with Crippen LogP contribution in [0.5, 0.6) is 0 Å². The first-order valence-electron chi connectivity index (χ1n) is 8.27. The molecular weight excluding hydrogens is 348 g/mol. The molecule has 3 aromatic rings. The number of anilines is 3. The average Bonchev–Trinajstić information content (AvgIpc) is 2.74. The number of carbonyl (C=O) groups excluding carboxylic acids is 1. The van der Waals surface area contributed by atoms with Crippen molar-refractivity contribution in [2.75, 3.05) is 16.8 Å². The standard InChI is InChI=1S/C20H17ClN4O/c1-13-7-9-14(10-8-13)12-25-17-11-22-20(21)23-18(17)24(2)16-6-4-3-5-15(16)19(25)26/h3-11H,12H2,1-2H3. The maximum atomic E-state index is 13.3. The van der Waals surface area contributed by atoms with Gasteiger partial charge in [-0.25, -0.2) is 4.98 Å². The van der Waals surface area contributed by atoms with Gasteiger partial charge in [-0.3, -0.25) is 9.69 Å². The van der Waals surface area contributed by atoms with Crippen LogP contribution < -0.4 is 9.80 Å². The van der Waals surface area contributed by atoms with E-state index < -0.39 is 0 Å². The molecule has 0 bridgehead atoms. The average molecular weight is 365 g/mol.